The van der Waals surface area contributed by atoms with E-state index < -0.39 is 0 Å². The molecule has 0 spiro atoms. The standard InChI is InChI=1S/C16H14FN3O2S/c1-9-3-4-11(7-13(9)17)16-19-15(20-22-16)14-6-5-12(23-14)8-18-10(2)21/h3-7H,8H2,1-2H3,(H,18,21). The molecule has 1 amide bonds. The van der Waals surface area contributed by atoms with E-state index in [1.54, 1.807) is 19.1 Å². The highest BCUT2D eigenvalue weighted by atomic mass is 32.1. The van der Waals surface area contributed by atoms with Crippen molar-refractivity contribution in [2.45, 2.75) is 20.4 Å². The number of hydrogen-bond acceptors (Lipinski definition) is 5. The number of benzene rings is 1. The predicted molar refractivity (Wildman–Crippen MR) is 85.3 cm³/mol. The van der Waals surface area contributed by atoms with Crippen LogP contribution in [0.25, 0.3) is 22.2 Å². The number of nitrogens with one attached hydrogen (secondary N) is 1. The van der Waals surface area contributed by atoms with Crippen LogP contribution in [0.5, 0.6) is 0 Å². The molecule has 3 aromatic rings. The Morgan fingerprint density at radius 1 is 1.35 bits per heavy atom. The molecule has 118 valence electrons. The van der Waals surface area contributed by atoms with Crippen LogP contribution >= 0.6 is 11.3 Å². The lowest BCUT2D eigenvalue weighted by Gasteiger charge is -1.97. The molecule has 0 fully saturated rings. The highest BCUT2D eigenvalue weighted by Crippen LogP contribution is 2.28. The minimum Gasteiger partial charge on any atom is -0.351 e. The van der Waals surface area contributed by atoms with Gasteiger partial charge in [-0.25, -0.2) is 4.39 Å². The number of aromatic nitrogens is 2. The summed E-state index contributed by atoms with van der Waals surface area (Å²) < 4.78 is 18.8. The van der Waals surface area contributed by atoms with Gasteiger partial charge in [-0.1, -0.05) is 11.2 Å². The Labute approximate surface area is 136 Å². The van der Waals surface area contributed by atoms with E-state index in [4.69, 9.17) is 4.52 Å². The third kappa shape index (κ3) is 3.45. The number of thiophene rings is 1. The molecule has 0 aliphatic heterocycles. The lowest BCUT2D eigenvalue weighted by atomic mass is 10.1. The Kier molecular flexibility index (Phi) is 4.20. The molecule has 1 aromatic carbocycles. The SMILES string of the molecule is CC(=O)NCc1ccc(-c2noc(-c3ccc(C)c(F)c3)n2)s1. The molecule has 5 nitrogen and oxygen atoms in total. The van der Waals surface area contributed by atoms with E-state index in [0.29, 0.717) is 23.5 Å². The van der Waals surface area contributed by atoms with Gasteiger partial charge in [-0.3, -0.25) is 4.79 Å². The summed E-state index contributed by atoms with van der Waals surface area (Å²) in [6, 6.07) is 8.56. The van der Waals surface area contributed by atoms with E-state index in [9.17, 15) is 9.18 Å². The van der Waals surface area contributed by atoms with Crippen molar-refractivity contribution in [3.8, 4) is 22.2 Å². The lowest BCUT2D eigenvalue weighted by Crippen LogP contribution is -2.17. The second kappa shape index (κ2) is 6.29. The third-order valence-corrected chi connectivity index (χ3v) is 4.32. The quantitative estimate of drug-likeness (QED) is 0.794. The number of carbonyl (C=O) groups excluding carboxylic acids is 1. The van der Waals surface area contributed by atoms with Gasteiger partial charge in [-0.2, -0.15) is 4.98 Å². The Morgan fingerprint density at radius 3 is 2.91 bits per heavy atom. The minimum absolute atomic E-state index is 0.0804. The molecule has 0 unspecified atom stereocenters. The predicted octanol–water partition coefficient (Wildman–Crippen LogP) is 3.55. The summed E-state index contributed by atoms with van der Waals surface area (Å²) in [7, 11) is 0. The average Bonchev–Trinajstić information content (AvgIpc) is 3.16. The minimum atomic E-state index is -0.309. The fourth-order valence-corrected chi connectivity index (χ4v) is 2.84. The van der Waals surface area contributed by atoms with Gasteiger partial charge in [0.25, 0.3) is 5.89 Å². The van der Waals surface area contributed by atoms with Gasteiger partial charge < -0.3 is 9.84 Å². The summed E-state index contributed by atoms with van der Waals surface area (Å²) in [6.07, 6.45) is 0. The Morgan fingerprint density at radius 2 is 2.17 bits per heavy atom. The van der Waals surface area contributed by atoms with Crippen molar-refractivity contribution >= 4 is 17.2 Å². The fourth-order valence-electron chi connectivity index (χ4n) is 1.97. The van der Waals surface area contributed by atoms with Crippen molar-refractivity contribution in [3.05, 3.63) is 46.6 Å². The molecule has 0 aliphatic rings. The number of halogens is 1. The molecule has 0 bridgehead atoms. The van der Waals surface area contributed by atoms with Crippen LogP contribution in [-0.2, 0) is 11.3 Å². The van der Waals surface area contributed by atoms with Gasteiger partial charge >= 0.3 is 0 Å². The molecule has 3 rings (SSSR count). The highest BCUT2D eigenvalue weighted by Gasteiger charge is 2.13. The Hall–Kier alpha value is -2.54. The molecule has 0 saturated carbocycles. The number of rotatable bonds is 4. The van der Waals surface area contributed by atoms with Crippen molar-refractivity contribution in [1.29, 1.82) is 0 Å². The monoisotopic (exact) mass is 331 g/mol. The lowest BCUT2D eigenvalue weighted by molar-refractivity contribution is -0.119. The molecule has 0 radical (unpaired) electrons. The van der Waals surface area contributed by atoms with E-state index in [1.807, 2.05) is 12.1 Å². The first-order chi connectivity index (χ1) is 11.0. The molecular formula is C16H14FN3O2S. The normalized spacial score (nSPS) is 10.7. The zero-order valence-electron chi connectivity index (χ0n) is 12.6. The van der Waals surface area contributed by atoms with Gasteiger partial charge in [0.2, 0.25) is 11.7 Å². The van der Waals surface area contributed by atoms with Crippen LogP contribution in [0, 0.1) is 12.7 Å². The Bertz CT molecular complexity index is 857. The molecule has 2 heterocycles. The van der Waals surface area contributed by atoms with Gasteiger partial charge in [0.05, 0.1) is 11.4 Å². The maximum absolute atomic E-state index is 13.6. The summed E-state index contributed by atoms with van der Waals surface area (Å²) in [5, 5.41) is 6.67. The second-order valence-electron chi connectivity index (χ2n) is 5.06. The van der Waals surface area contributed by atoms with Gasteiger partial charge in [0.15, 0.2) is 0 Å². The van der Waals surface area contributed by atoms with E-state index >= 15 is 0 Å². The summed E-state index contributed by atoms with van der Waals surface area (Å²) in [6.45, 7) is 3.63. The molecule has 0 saturated heterocycles. The van der Waals surface area contributed by atoms with Gasteiger partial charge in [-0.05, 0) is 36.8 Å². The van der Waals surface area contributed by atoms with Crippen LogP contribution in [-0.4, -0.2) is 16.0 Å². The molecule has 1 N–H and O–H groups in total. The van der Waals surface area contributed by atoms with Crippen LogP contribution in [0.15, 0.2) is 34.9 Å². The van der Waals surface area contributed by atoms with Crippen molar-refractivity contribution in [3.63, 3.8) is 0 Å². The van der Waals surface area contributed by atoms with Crippen molar-refractivity contribution in [2.24, 2.45) is 0 Å². The summed E-state index contributed by atoms with van der Waals surface area (Å²) in [5.74, 6) is 0.329. The number of nitrogens with zero attached hydrogens (tertiary/aromatic N) is 2. The third-order valence-electron chi connectivity index (χ3n) is 3.24. The van der Waals surface area contributed by atoms with Crippen molar-refractivity contribution in [1.82, 2.24) is 15.5 Å². The smallest absolute Gasteiger partial charge is 0.258 e. The topological polar surface area (TPSA) is 68.0 Å². The zero-order valence-corrected chi connectivity index (χ0v) is 13.4. The molecule has 2 aromatic heterocycles. The first kappa shape index (κ1) is 15.4. The average molecular weight is 331 g/mol. The van der Waals surface area contributed by atoms with Crippen LogP contribution in [0.4, 0.5) is 4.39 Å². The van der Waals surface area contributed by atoms with Crippen LogP contribution in [0.2, 0.25) is 0 Å². The number of hydrogen-bond donors (Lipinski definition) is 1. The van der Waals surface area contributed by atoms with Gasteiger partial charge in [0, 0.05) is 17.4 Å². The summed E-state index contributed by atoms with van der Waals surface area (Å²) in [4.78, 5) is 17.1. The Balaban J connectivity index is 1.81. The highest BCUT2D eigenvalue weighted by molar-refractivity contribution is 7.15. The van der Waals surface area contributed by atoms with E-state index in [-0.39, 0.29) is 17.6 Å². The maximum atomic E-state index is 13.6. The van der Waals surface area contributed by atoms with Crippen LogP contribution < -0.4 is 5.32 Å². The summed E-state index contributed by atoms with van der Waals surface area (Å²) >= 11 is 1.47. The van der Waals surface area contributed by atoms with E-state index in [0.717, 1.165) is 9.75 Å². The first-order valence-corrected chi connectivity index (χ1v) is 7.78. The van der Waals surface area contributed by atoms with Crippen LogP contribution in [0.1, 0.15) is 17.4 Å². The molecular weight excluding hydrogens is 317 g/mol. The van der Waals surface area contributed by atoms with Crippen molar-refractivity contribution < 1.29 is 13.7 Å². The summed E-state index contributed by atoms with van der Waals surface area (Å²) in [5.41, 5.74) is 1.11. The molecule has 0 aliphatic carbocycles. The largest absolute Gasteiger partial charge is 0.351 e. The van der Waals surface area contributed by atoms with Gasteiger partial charge in [-0.15, -0.1) is 11.3 Å². The second-order valence-corrected chi connectivity index (χ2v) is 6.23. The molecule has 0 atom stereocenters. The number of carbonyl (C=O) groups is 1. The first-order valence-electron chi connectivity index (χ1n) is 6.96. The van der Waals surface area contributed by atoms with E-state index in [1.165, 1.54) is 24.3 Å². The molecule has 7 heteroatoms. The fraction of sp³-hybridized carbons (Fsp3) is 0.188. The van der Waals surface area contributed by atoms with Crippen LogP contribution in [0.3, 0.4) is 0 Å². The number of amides is 1. The molecule has 23 heavy (non-hydrogen) atoms. The van der Waals surface area contributed by atoms with E-state index in [2.05, 4.69) is 15.5 Å². The number of aryl methyl sites for hydroxylation is 1. The maximum Gasteiger partial charge on any atom is 0.258 e. The zero-order chi connectivity index (χ0) is 16.4. The van der Waals surface area contributed by atoms with Crippen molar-refractivity contribution in [2.75, 3.05) is 0 Å². The van der Waals surface area contributed by atoms with Gasteiger partial charge in [0.1, 0.15) is 5.82 Å².